The molecule has 0 aromatic heterocycles. The molecule has 1 saturated heterocycles. The second-order valence-electron chi connectivity index (χ2n) is 6.35. The number of hydrogen-bond acceptors (Lipinski definition) is 2. The summed E-state index contributed by atoms with van der Waals surface area (Å²) in [6, 6.07) is 0. The first-order chi connectivity index (χ1) is 8.09. The van der Waals surface area contributed by atoms with Gasteiger partial charge < -0.3 is 4.74 Å². The highest BCUT2D eigenvalue weighted by molar-refractivity contribution is 9.09. The Hall–Kier alpha value is 0.400. The zero-order chi connectivity index (χ0) is 12.3. The molecule has 1 unspecified atom stereocenters. The van der Waals surface area contributed by atoms with Crippen LogP contribution >= 0.6 is 15.9 Å². The molecule has 1 heterocycles. The summed E-state index contributed by atoms with van der Waals surface area (Å²) in [4.78, 5) is 2.63. The summed E-state index contributed by atoms with van der Waals surface area (Å²) >= 11 is 3.56. The van der Waals surface area contributed by atoms with Crippen LogP contribution in [0, 0.1) is 5.92 Å². The van der Waals surface area contributed by atoms with Crippen molar-refractivity contribution in [2.24, 2.45) is 5.92 Å². The molecule has 0 N–H and O–H groups in total. The van der Waals surface area contributed by atoms with Gasteiger partial charge in [0.1, 0.15) is 0 Å². The van der Waals surface area contributed by atoms with Crippen molar-refractivity contribution in [3.8, 4) is 0 Å². The third kappa shape index (κ3) is 4.22. The Morgan fingerprint density at radius 1 is 1.24 bits per heavy atom. The van der Waals surface area contributed by atoms with Crippen LogP contribution in [-0.2, 0) is 4.74 Å². The lowest BCUT2D eigenvalue weighted by molar-refractivity contribution is -0.129. The van der Waals surface area contributed by atoms with E-state index in [1.165, 1.54) is 38.6 Å². The molecule has 1 atom stereocenters. The van der Waals surface area contributed by atoms with Crippen molar-refractivity contribution in [3.63, 3.8) is 0 Å². The summed E-state index contributed by atoms with van der Waals surface area (Å²) in [5.41, 5.74) is 0.0192. The second-order valence-corrected chi connectivity index (χ2v) is 7.00. The van der Waals surface area contributed by atoms with Crippen LogP contribution in [0.4, 0.5) is 0 Å². The summed E-state index contributed by atoms with van der Waals surface area (Å²) in [5, 5.41) is 0.956. The van der Waals surface area contributed by atoms with Gasteiger partial charge in [-0.05, 0) is 32.6 Å². The second kappa shape index (κ2) is 6.03. The smallest absolute Gasteiger partial charge is 0.0806 e. The number of halogens is 1. The molecule has 0 aromatic rings. The molecule has 1 aliphatic heterocycles. The molecule has 1 saturated carbocycles. The zero-order valence-electron chi connectivity index (χ0n) is 11.3. The summed E-state index contributed by atoms with van der Waals surface area (Å²) in [6.45, 7) is 7.92. The Kier molecular flexibility index (Phi) is 4.90. The van der Waals surface area contributed by atoms with Crippen LogP contribution in [0.25, 0.3) is 0 Å². The standard InChI is InChI=1S/C14H26BrNO/c1-14(2)11-16(10-13(8-15)17-14)9-12-6-4-3-5-7-12/h12-13H,3-11H2,1-2H3. The van der Waals surface area contributed by atoms with Gasteiger partial charge in [-0.15, -0.1) is 0 Å². The number of morpholine rings is 1. The molecule has 2 fully saturated rings. The van der Waals surface area contributed by atoms with Crippen molar-refractivity contribution in [1.29, 1.82) is 0 Å². The first-order valence-corrected chi connectivity index (χ1v) is 8.17. The number of ether oxygens (including phenoxy) is 1. The average Bonchev–Trinajstić information content (AvgIpc) is 2.28. The van der Waals surface area contributed by atoms with E-state index < -0.39 is 0 Å². The van der Waals surface area contributed by atoms with Crippen LogP contribution in [0.15, 0.2) is 0 Å². The third-order valence-corrected chi connectivity index (χ3v) is 4.69. The molecular weight excluding hydrogens is 278 g/mol. The first-order valence-electron chi connectivity index (χ1n) is 7.05. The molecule has 0 radical (unpaired) electrons. The van der Waals surface area contributed by atoms with E-state index >= 15 is 0 Å². The highest BCUT2D eigenvalue weighted by Crippen LogP contribution is 2.28. The van der Waals surface area contributed by atoms with Crippen molar-refractivity contribution < 1.29 is 4.74 Å². The molecule has 100 valence electrons. The molecule has 0 amide bonds. The van der Waals surface area contributed by atoms with Gasteiger partial charge in [-0.2, -0.15) is 0 Å². The molecule has 2 rings (SSSR count). The van der Waals surface area contributed by atoms with Gasteiger partial charge in [0, 0.05) is 25.0 Å². The van der Waals surface area contributed by atoms with Gasteiger partial charge in [0.25, 0.3) is 0 Å². The normalized spacial score (nSPS) is 31.6. The van der Waals surface area contributed by atoms with Gasteiger partial charge in [-0.3, -0.25) is 4.90 Å². The van der Waals surface area contributed by atoms with Gasteiger partial charge in [-0.1, -0.05) is 35.2 Å². The zero-order valence-corrected chi connectivity index (χ0v) is 12.8. The van der Waals surface area contributed by atoms with E-state index in [-0.39, 0.29) is 5.60 Å². The molecule has 0 spiro atoms. The van der Waals surface area contributed by atoms with Gasteiger partial charge in [0.05, 0.1) is 11.7 Å². The molecule has 3 heteroatoms. The maximum atomic E-state index is 6.05. The fourth-order valence-corrected chi connectivity index (χ4v) is 3.71. The van der Waals surface area contributed by atoms with Crippen molar-refractivity contribution >= 4 is 15.9 Å². The van der Waals surface area contributed by atoms with Crippen LogP contribution < -0.4 is 0 Å². The lowest BCUT2D eigenvalue weighted by Gasteiger charge is -2.43. The first kappa shape index (κ1) is 13.8. The summed E-state index contributed by atoms with van der Waals surface area (Å²) in [7, 11) is 0. The van der Waals surface area contributed by atoms with Crippen molar-refractivity contribution in [2.75, 3.05) is 25.0 Å². The fourth-order valence-electron chi connectivity index (χ4n) is 3.37. The molecule has 0 bridgehead atoms. The largest absolute Gasteiger partial charge is 0.369 e. The Morgan fingerprint density at radius 2 is 1.94 bits per heavy atom. The SMILES string of the molecule is CC1(C)CN(CC2CCCCC2)CC(CBr)O1. The van der Waals surface area contributed by atoms with E-state index in [2.05, 4.69) is 34.7 Å². The number of nitrogens with zero attached hydrogens (tertiary/aromatic N) is 1. The van der Waals surface area contributed by atoms with Crippen LogP contribution in [0.1, 0.15) is 46.0 Å². The predicted octanol–water partition coefficient (Wildman–Crippen LogP) is 3.44. The number of alkyl halides is 1. The van der Waals surface area contributed by atoms with Crippen LogP contribution in [0.5, 0.6) is 0 Å². The highest BCUT2D eigenvalue weighted by atomic mass is 79.9. The van der Waals surface area contributed by atoms with E-state index in [0.29, 0.717) is 6.10 Å². The molecule has 2 nitrogen and oxygen atoms in total. The van der Waals surface area contributed by atoms with Gasteiger partial charge in [0.15, 0.2) is 0 Å². The highest BCUT2D eigenvalue weighted by Gasteiger charge is 2.33. The Balaban J connectivity index is 1.86. The summed E-state index contributed by atoms with van der Waals surface area (Å²) in [5.74, 6) is 0.939. The van der Waals surface area contributed by atoms with Crippen LogP contribution in [-0.4, -0.2) is 41.6 Å². The topological polar surface area (TPSA) is 12.5 Å². The number of rotatable bonds is 3. The Labute approximate surface area is 114 Å². The van der Waals surface area contributed by atoms with E-state index in [0.717, 1.165) is 24.3 Å². The lowest BCUT2D eigenvalue weighted by atomic mass is 9.88. The average molecular weight is 304 g/mol. The minimum Gasteiger partial charge on any atom is -0.369 e. The quantitative estimate of drug-likeness (QED) is 0.741. The minimum absolute atomic E-state index is 0.0192. The third-order valence-electron chi connectivity index (χ3n) is 3.97. The summed E-state index contributed by atoms with van der Waals surface area (Å²) in [6.07, 6.45) is 7.59. The fraction of sp³-hybridized carbons (Fsp3) is 1.00. The van der Waals surface area contributed by atoms with Gasteiger partial charge in [0.2, 0.25) is 0 Å². The van der Waals surface area contributed by atoms with Crippen LogP contribution in [0.3, 0.4) is 0 Å². The Morgan fingerprint density at radius 3 is 2.59 bits per heavy atom. The van der Waals surface area contributed by atoms with E-state index in [1.54, 1.807) is 0 Å². The van der Waals surface area contributed by atoms with Gasteiger partial charge >= 0.3 is 0 Å². The van der Waals surface area contributed by atoms with Crippen LogP contribution in [0.2, 0.25) is 0 Å². The monoisotopic (exact) mass is 303 g/mol. The molecule has 17 heavy (non-hydrogen) atoms. The van der Waals surface area contributed by atoms with E-state index in [1.807, 2.05) is 0 Å². The number of hydrogen-bond donors (Lipinski definition) is 0. The van der Waals surface area contributed by atoms with E-state index in [4.69, 9.17) is 4.74 Å². The molecule has 1 aliphatic carbocycles. The van der Waals surface area contributed by atoms with Gasteiger partial charge in [-0.25, -0.2) is 0 Å². The molecule has 2 aliphatic rings. The maximum absolute atomic E-state index is 6.05. The van der Waals surface area contributed by atoms with Crippen molar-refractivity contribution in [2.45, 2.75) is 57.7 Å². The maximum Gasteiger partial charge on any atom is 0.0806 e. The summed E-state index contributed by atoms with van der Waals surface area (Å²) < 4.78 is 6.05. The Bertz CT molecular complexity index is 238. The molecule has 0 aromatic carbocycles. The van der Waals surface area contributed by atoms with Crippen molar-refractivity contribution in [1.82, 2.24) is 4.90 Å². The van der Waals surface area contributed by atoms with Crippen molar-refractivity contribution in [3.05, 3.63) is 0 Å². The predicted molar refractivity (Wildman–Crippen MR) is 75.8 cm³/mol. The van der Waals surface area contributed by atoms with E-state index in [9.17, 15) is 0 Å². The molecular formula is C14H26BrNO. The minimum atomic E-state index is 0.0192. The lowest BCUT2D eigenvalue weighted by Crippen LogP contribution is -2.54.